The van der Waals surface area contributed by atoms with Gasteiger partial charge in [0.05, 0.1) is 0 Å². The number of benzene rings is 2. The largest absolute Gasteiger partial charge is 0.203 e. The molecule has 0 heterocycles. The molecule has 2 aromatic carbocycles. The maximum absolute atomic E-state index is 13.9. The van der Waals surface area contributed by atoms with Crippen molar-refractivity contribution >= 4 is 0 Å². The Balaban J connectivity index is 2.35. The van der Waals surface area contributed by atoms with Gasteiger partial charge in [0.1, 0.15) is 0 Å². The van der Waals surface area contributed by atoms with E-state index in [2.05, 4.69) is 6.08 Å². The van der Waals surface area contributed by atoms with Crippen molar-refractivity contribution in [2.24, 2.45) is 0 Å². The molecule has 0 nitrogen and oxygen atoms in total. The van der Waals surface area contributed by atoms with Crippen LogP contribution in [0.2, 0.25) is 0 Å². The number of halogens is 2. The van der Waals surface area contributed by atoms with Gasteiger partial charge < -0.3 is 0 Å². The Morgan fingerprint density at radius 1 is 0.947 bits per heavy atom. The third-order valence-corrected chi connectivity index (χ3v) is 3.13. The van der Waals surface area contributed by atoms with Gasteiger partial charge in [-0.2, -0.15) is 0 Å². The second-order valence-corrected chi connectivity index (χ2v) is 4.53. The molecule has 0 saturated heterocycles. The van der Waals surface area contributed by atoms with Crippen LogP contribution in [0.4, 0.5) is 8.78 Å². The maximum Gasteiger partial charge on any atom is 0.166 e. The zero-order chi connectivity index (χ0) is 13.8. The highest BCUT2D eigenvalue weighted by molar-refractivity contribution is 5.65. The lowest BCUT2D eigenvalue weighted by molar-refractivity contribution is 0.505. The molecule has 0 aromatic heterocycles. The van der Waals surface area contributed by atoms with Gasteiger partial charge in [0.25, 0.3) is 0 Å². The Kier molecular flexibility index (Phi) is 4.10. The van der Waals surface area contributed by atoms with Crippen LogP contribution in [0, 0.1) is 18.6 Å². The summed E-state index contributed by atoms with van der Waals surface area (Å²) in [7, 11) is 0. The van der Waals surface area contributed by atoms with E-state index in [-0.39, 0.29) is 0 Å². The van der Waals surface area contributed by atoms with Gasteiger partial charge in [-0.05, 0) is 37.0 Å². The van der Waals surface area contributed by atoms with Crippen molar-refractivity contribution in [2.75, 3.05) is 0 Å². The second kappa shape index (κ2) is 5.79. The summed E-state index contributed by atoms with van der Waals surface area (Å²) < 4.78 is 27.4. The van der Waals surface area contributed by atoms with E-state index in [1.54, 1.807) is 19.1 Å². The molecule has 0 radical (unpaired) electrons. The Bertz CT molecular complexity index is 595. The minimum Gasteiger partial charge on any atom is -0.203 e. The first-order chi connectivity index (χ1) is 9.13. The van der Waals surface area contributed by atoms with Gasteiger partial charge in [0, 0.05) is 5.56 Å². The molecule has 0 unspecified atom stereocenters. The van der Waals surface area contributed by atoms with Gasteiger partial charge in [-0.3, -0.25) is 0 Å². The van der Waals surface area contributed by atoms with Gasteiger partial charge in [-0.1, -0.05) is 48.6 Å². The normalized spacial score (nSPS) is 11.2. The van der Waals surface area contributed by atoms with Crippen LogP contribution in [0.3, 0.4) is 0 Å². The Morgan fingerprint density at radius 2 is 1.63 bits per heavy atom. The molecule has 0 aliphatic rings. The minimum atomic E-state index is -0.777. The van der Waals surface area contributed by atoms with E-state index < -0.39 is 11.6 Å². The fourth-order valence-electron chi connectivity index (χ4n) is 1.94. The minimum absolute atomic E-state index is 0.306. The quantitative estimate of drug-likeness (QED) is 0.675. The summed E-state index contributed by atoms with van der Waals surface area (Å²) in [5.41, 5.74) is 2.47. The summed E-state index contributed by atoms with van der Waals surface area (Å²) in [6.45, 7) is 3.53. The van der Waals surface area contributed by atoms with Crippen molar-refractivity contribution in [3.8, 4) is 11.1 Å². The smallest absolute Gasteiger partial charge is 0.166 e. The molecule has 98 valence electrons. The monoisotopic (exact) mass is 258 g/mol. The average molecular weight is 258 g/mol. The molecule has 0 aliphatic heterocycles. The molecule has 0 atom stereocenters. The van der Waals surface area contributed by atoms with Crippen LogP contribution in [0.1, 0.15) is 18.1 Å². The van der Waals surface area contributed by atoms with Crippen molar-refractivity contribution in [3.05, 3.63) is 71.3 Å². The standard InChI is InChI=1S/C17H16F2/c1-3-4-5-13-7-9-14(10-8-13)15-11-6-12(2)16(18)17(15)19/h3-4,6-11H,5H2,1-2H3. The molecule has 0 spiro atoms. The van der Waals surface area contributed by atoms with E-state index in [1.807, 2.05) is 37.3 Å². The molecule has 0 amide bonds. The van der Waals surface area contributed by atoms with Crippen molar-refractivity contribution < 1.29 is 8.78 Å². The van der Waals surface area contributed by atoms with Gasteiger partial charge in [0.15, 0.2) is 11.6 Å². The molecule has 0 bridgehead atoms. The lowest BCUT2D eigenvalue weighted by Crippen LogP contribution is -1.93. The second-order valence-electron chi connectivity index (χ2n) is 4.53. The molecule has 2 heteroatoms. The van der Waals surface area contributed by atoms with E-state index >= 15 is 0 Å². The third kappa shape index (κ3) is 2.90. The van der Waals surface area contributed by atoms with Crippen LogP contribution >= 0.6 is 0 Å². The fourth-order valence-corrected chi connectivity index (χ4v) is 1.94. The highest BCUT2D eigenvalue weighted by atomic mass is 19.2. The Hall–Kier alpha value is -1.96. The zero-order valence-corrected chi connectivity index (χ0v) is 11.1. The van der Waals surface area contributed by atoms with E-state index in [4.69, 9.17) is 0 Å². The Morgan fingerprint density at radius 3 is 2.26 bits per heavy atom. The number of aryl methyl sites for hydroxylation is 1. The number of hydrogen-bond acceptors (Lipinski definition) is 0. The predicted octanol–water partition coefficient (Wildman–Crippen LogP) is 5.06. The number of hydrogen-bond donors (Lipinski definition) is 0. The molecule has 2 aromatic rings. The summed E-state index contributed by atoms with van der Waals surface area (Å²) in [5.74, 6) is -1.54. The van der Waals surface area contributed by atoms with Crippen LogP contribution in [-0.4, -0.2) is 0 Å². The highest BCUT2D eigenvalue weighted by Crippen LogP contribution is 2.26. The zero-order valence-electron chi connectivity index (χ0n) is 11.1. The van der Waals surface area contributed by atoms with Crippen molar-refractivity contribution in [1.29, 1.82) is 0 Å². The van der Waals surface area contributed by atoms with Crippen molar-refractivity contribution in [2.45, 2.75) is 20.3 Å². The Labute approximate surface area is 112 Å². The number of rotatable bonds is 3. The molecule has 2 rings (SSSR count). The van der Waals surface area contributed by atoms with E-state index in [0.29, 0.717) is 16.7 Å². The number of allylic oxidation sites excluding steroid dienone is 2. The highest BCUT2D eigenvalue weighted by Gasteiger charge is 2.12. The molecule has 0 fully saturated rings. The first kappa shape index (κ1) is 13.5. The SMILES string of the molecule is CC=CCc1ccc(-c2ccc(C)c(F)c2F)cc1. The predicted molar refractivity (Wildman–Crippen MR) is 75.0 cm³/mol. The fraction of sp³-hybridized carbons (Fsp3) is 0.176. The topological polar surface area (TPSA) is 0 Å². The van der Waals surface area contributed by atoms with E-state index in [0.717, 1.165) is 12.0 Å². The summed E-state index contributed by atoms with van der Waals surface area (Å²) in [6, 6.07) is 10.7. The lowest BCUT2D eigenvalue weighted by Gasteiger charge is -2.07. The summed E-state index contributed by atoms with van der Waals surface area (Å²) in [6.07, 6.45) is 4.89. The molecule has 0 N–H and O–H groups in total. The molecular weight excluding hydrogens is 242 g/mol. The van der Waals surface area contributed by atoms with E-state index in [9.17, 15) is 8.78 Å². The lowest BCUT2D eigenvalue weighted by atomic mass is 10.0. The van der Waals surface area contributed by atoms with Gasteiger partial charge in [-0.15, -0.1) is 0 Å². The van der Waals surface area contributed by atoms with Crippen LogP contribution in [0.5, 0.6) is 0 Å². The first-order valence-electron chi connectivity index (χ1n) is 6.28. The van der Waals surface area contributed by atoms with Crippen molar-refractivity contribution in [1.82, 2.24) is 0 Å². The van der Waals surface area contributed by atoms with Crippen LogP contribution in [0.25, 0.3) is 11.1 Å². The van der Waals surface area contributed by atoms with Gasteiger partial charge in [-0.25, -0.2) is 8.78 Å². The summed E-state index contributed by atoms with van der Waals surface area (Å²) in [5, 5.41) is 0. The van der Waals surface area contributed by atoms with Crippen LogP contribution in [0.15, 0.2) is 48.6 Å². The summed E-state index contributed by atoms with van der Waals surface area (Å²) in [4.78, 5) is 0. The molecule has 0 aliphatic carbocycles. The maximum atomic E-state index is 13.9. The van der Waals surface area contributed by atoms with E-state index in [1.165, 1.54) is 0 Å². The van der Waals surface area contributed by atoms with Gasteiger partial charge in [0.2, 0.25) is 0 Å². The average Bonchev–Trinajstić information content (AvgIpc) is 2.44. The molecule has 19 heavy (non-hydrogen) atoms. The van der Waals surface area contributed by atoms with Gasteiger partial charge >= 0.3 is 0 Å². The van der Waals surface area contributed by atoms with Crippen LogP contribution in [-0.2, 0) is 6.42 Å². The van der Waals surface area contributed by atoms with Crippen molar-refractivity contribution in [3.63, 3.8) is 0 Å². The third-order valence-electron chi connectivity index (χ3n) is 3.13. The summed E-state index contributed by atoms with van der Waals surface area (Å²) >= 11 is 0. The van der Waals surface area contributed by atoms with Crippen LogP contribution < -0.4 is 0 Å². The molecule has 0 saturated carbocycles. The molecular formula is C17H16F2. The first-order valence-corrected chi connectivity index (χ1v) is 6.28.